The number of hydrogen-bond acceptors (Lipinski definition) is 8. The second kappa shape index (κ2) is 10.0. The van der Waals surface area contributed by atoms with E-state index in [0.717, 1.165) is 12.0 Å². The molecule has 1 aromatic carbocycles. The Kier molecular flexibility index (Phi) is 7.43. The monoisotopic (exact) mass is 433 g/mol. The first-order valence-corrected chi connectivity index (χ1v) is 10.5. The van der Waals surface area contributed by atoms with E-state index in [1.165, 1.54) is 27.4 Å². The van der Waals surface area contributed by atoms with Gasteiger partial charge in [0.2, 0.25) is 5.75 Å². The molecule has 1 aromatic rings. The Morgan fingerprint density at radius 1 is 1.00 bits per heavy atom. The third kappa shape index (κ3) is 5.50. The number of esters is 2. The molecular weight excluding hydrogens is 402 g/mol. The zero-order valence-corrected chi connectivity index (χ0v) is 18.7. The average Bonchev–Trinajstić information content (AvgIpc) is 3.03. The number of fused-ring (bicyclic) bond motifs is 2. The lowest BCUT2D eigenvalue weighted by molar-refractivity contribution is -0.155. The quantitative estimate of drug-likeness (QED) is 0.494. The van der Waals surface area contributed by atoms with Crippen molar-refractivity contribution < 1.29 is 33.3 Å². The minimum Gasteiger partial charge on any atom is -0.493 e. The van der Waals surface area contributed by atoms with Gasteiger partial charge in [0.15, 0.2) is 11.5 Å². The zero-order chi connectivity index (χ0) is 22.5. The van der Waals surface area contributed by atoms with E-state index in [1.54, 1.807) is 18.2 Å². The highest BCUT2D eigenvalue weighted by molar-refractivity contribution is 5.87. The van der Waals surface area contributed by atoms with Gasteiger partial charge in [0.1, 0.15) is 12.2 Å². The molecule has 0 aliphatic carbocycles. The fourth-order valence-electron chi connectivity index (χ4n) is 4.08. The number of methoxy groups -OCH3 is 3. The van der Waals surface area contributed by atoms with Crippen molar-refractivity contribution in [2.45, 2.75) is 57.4 Å². The van der Waals surface area contributed by atoms with Crippen molar-refractivity contribution in [3.8, 4) is 17.2 Å². The van der Waals surface area contributed by atoms with E-state index >= 15 is 0 Å². The van der Waals surface area contributed by atoms with E-state index in [1.807, 2.05) is 13.8 Å². The molecule has 3 rings (SSSR count). The maximum Gasteiger partial charge on any atom is 0.331 e. The molecule has 1 N–H and O–H groups in total. The predicted octanol–water partition coefficient (Wildman–Crippen LogP) is 2.73. The van der Waals surface area contributed by atoms with Crippen LogP contribution in [-0.2, 0) is 19.1 Å². The number of nitrogens with one attached hydrogen (secondary N) is 1. The van der Waals surface area contributed by atoms with Gasteiger partial charge in [-0.3, -0.25) is 4.79 Å². The molecule has 0 aromatic heterocycles. The smallest absolute Gasteiger partial charge is 0.331 e. The standard InChI is InChI=1S/C23H31NO7/c1-13(2)23(26)30-16-10-15-11-18(17(12-16)24-15)31-21(25)7-6-14-8-19(27-3)22(29-5)20(9-14)28-4/h6-9,13,15-18,24H,10-12H2,1-5H3/t15-,16-,17+,18-/m1/s1. The van der Waals surface area contributed by atoms with Crippen LogP contribution >= 0.6 is 0 Å². The second-order valence-corrected chi connectivity index (χ2v) is 8.16. The Balaban J connectivity index is 1.60. The molecule has 2 heterocycles. The first-order valence-electron chi connectivity index (χ1n) is 10.5. The van der Waals surface area contributed by atoms with Crippen molar-refractivity contribution in [1.82, 2.24) is 5.32 Å². The van der Waals surface area contributed by atoms with Crippen LogP contribution in [0.15, 0.2) is 18.2 Å². The largest absolute Gasteiger partial charge is 0.493 e. The van der Waals surface area contributed by atoms with Crippen LogP contribution in [-0.4, -0.2) is 57.6 Å². The van der Waals surface area contributed by atoms with Crippen LogP contribution in [0.2, 0.25) is 0 Å². The van der Waals surface area contributed by atoms with Crippen molar-refractivity contribution in [2.75, 3.05) is 21.3 Å². The lowest BCUT2D eigenvalue weighted by atomic mass is 10.0. The van der Waals surface area contributed by atoms with Crippen molar-refractivity contribution in [3.63, 3.8) is 0 Å². The van der Waals surface area contributed by atoms with Gasteiger partial charge in [-0.15, -0.1) is 0 Å². The number of piperidine rings is 1. The number of benzene rings is 1. The van der Waals surface area contributed by atoms with Gasteiger partial charge in [-0.05, 0) is 30.2 Å². The number of carbonyl (C=O) groups excluding carboxylic acids is 2. The third-order valence-corrected chi connectivity index (χ3v) is 5.60. The second-order valence-electron chi connectivity index (χ2n) is 8.16. The molecule has 2 bridgehead atoms. The molecule has 170 valence electrons. The van der Waals surface area contributed by atoms with Crippen LogP contribution in [0, 0.1) is 5.92 Å². The van der Waals surface area contributed by atoms with Crippen LogP contribution < -0.4 is 19.5 Å². The maximum absolute atomic E-state index is 12.4. The van der Waals surface area contributed by atoms with E-state index in [-0.39, 0.29) is 36.2 Å². The minimum absolute atomic E-state index is 0.0118. The number of hydrogen-bond donors (Lipinski definition) is 1. The van der Waals surface area contributed by atoms with Gasteiger partial charge in [0.05, 0.1) is 27.2 Å². The average molecular weight is 434 g/mol. The van der Waals surface area contributed by atoms with Gasteiger partial charge in [0, 0.05) is 31.0 Å². The van der Waals surface area contributed by atoms with E-state index in [4.69, 9.17) is 23.7 Å². The lowest BCUT2D eigenvalue weighted by Crippen LogP contribution is -2.45. The van der Waals surface area contributed by atoms with Gasteiger partial charge in [0.25, 0.3) is 0 Å². The van der Waals surface area contributed by atoms with E-state index in [9.17, 15) is 9.59 Å². The Labute approximate surface area is 182 Å². The topological polar surface area (TPSA) is 92.3 Å². The fourth-order valence-corrected chi connectivity index (χ4v) is 4.08. The molecule has 4 atom stereocenters. The van der Waals surface area contributed by atoms with Crippen molar-refractivity contribution in [2.24, 2.45) is 5.92 Å². The summed E-state index contributed by atoms with van der Waals surface area (Å²) in [5.74, 6) is 0.733. The molecule has 2 aliphatic rings. The summed E-state index contributed by atoms with van der Waals surface area (Å²) in [5.41, 5.74) is 0.718. The molecule has 2 fully saturated rings. The predicted molar refractivity (Wildman–Crippen MR) is 114 cm³/mol. The first kappa shape index (κ1) is 22.9. The lowest BCUT2D eigenvalue weighted by Gasteiger charge is -2.29. The molecule has 0 unspecified atom stereocenters. The molecule has 31 heavy (non-hydrogen) atoms. The van der Waals surface area contributed by atoms with Gasteiger partial charge in [-0.1, -0.05) is 13.8 Å². The van der Waals surface area contributed by atoms with Crippen molar-refractivity contribution in [3.05, 3.63) is 23.8 Å². The Hall–Kier alpha value is -2.74. The molecule has 2 aliphatic heterocycles. The molecule has 0 spiro atoms. The van der Waals surface area contributed by atoms with Crippen molar-refractivity contribution in [1.29, 1.82) is 0 Å². The highest BCUT2D eigenvalue weighted by Gasteiger charge is 2.43. The molecular formula is C23H31NO7. The number of ether oxygens (including phenoxy) is 5. The summed E-state index contributed by atoms with van der Waals surface area (Å²) < 4.78 is 27.3. The summed E-state index contributed by atoms with van der Waals surface area (Å²) in [4.78, 5) is 24.3. The van der Waals surface area contributed by atoms with Crippen LogP contribution in [0.25, 0.3) is 6.08 Å². The Bertz CT molecular complexity index is 810. The molecule has 0 radical (unpaired) electrons. The summed E-state index contributed by atoms with van der Waals surface area (Å²) in [5, 5.41) is 3.46. The summed E-state index contributed by atoms with van der Waals surface area (Å²) >= 11 is 0. The van der Waals surface area contributed by atoms with Crippen molar-refractivity contribution >= 4 is 18.0 Å². The van der Waals surface area contributed by atoms with Crippen LogP contribution in [0.1, 0.15) is 38.7 Å². The zero-order valence-electron chi connectivity index (χ0n) is 18.7. The summed E-state index contributed by atoms with van der Waals surface area (Å²) in [7, 11) is 4.61. The number of carbonyl (C=O) groups is 2. The third-order valence-electron chi connectivity index (χ3n) is 5.60. The fraction of sp³-hybridized carbons (Fsp3) is 0.565. The number of rotatable bonds is 8. The van der Waals surface area contributed by atoms with Crippen LogP contribution in [0.5, 0.6) is 17.2 Å². The van der Waals surface area contributed by atoms with Gasteiger partial charge in [-0.2, -0.15) is 0 Å². The molecule has 8 heteroatoms. The van der Waals surface area contributed by atoms with Gasteiger partial charge < -0.3 is 29.0 Å². The summed E-state index contributed by atoms with van der Waals surface area (Å²) in [6.45, 7) is 3.64. The minimum atomic E-state index is -0.427. The summed E-state index contributed by atoms with van der Waals surface area (Å²) in [6.07, 6.45) is 4.75. The van der Waals surface area contributed by atoms with E-state index in [0.29, 0.717) is 30.1 Å². The normalized spacial score (nSPS) is 24.8. The maximum atomic E-state index is 12.4. The molecule has 2 saturated heterocycles. The summed E-state index contributed by atoms with van der Waals surface area (Å²) in [6, 6.07) is 3.68. The Morgan fingerprint density at radius 2 is 1.68 bits per heavy atom. The van der Waals surface area contributed by atoms with E-state index in [2.05, 4.69) is 5.32 Å². The van der Waals surface area contributed by atoms with Crippen LogP contribution in [0.3, 0.4) is 0 Å². The van der Waals surface area contributed by atoms with E-state index < -0.39 is 5.97 Å². The first-order chi connectivity index (χ1) is 14.8. The Morgan fingerprint density at radius 3 is 2.26 bits per heavy atom. The van der Waals surface area contributed by atoms with Gasteiger partial charge >= 0.3 is 11.9 Å². The highest BCUT2D eigenvalue weighted by atomic mass is 16.6. The van der Waals surface area contributed by atoms with Crippen LogP contribution in [0.4, 0.5) is 0 Å². The SMILES string of the molecule is COc1cc(C=CC(=O)O[C@@H]2C[C@H]3C[C@@H](OC(=O)C(C)C)C[C@@H]2N3)cc(OC)c1OC. The molecule has 8 nitrogen and oxygen atoms in total. The molecule has 0 amide bonds. The highest BCUT2D eigenvalue weighted by Crippen LogP contribution is 2.38. The molecule has 0 saturated carbocycles. The van der Waals surface area contributed by atoms with Gasteiger partial charge in [-0.25, -0.2) is 4.79 Å².